The molecule has 0 bridgehead atoms. The van der Waals surface area contributed by atoms with Crippen molar-refractivity contribution in [3.63, 3.8) is 0 Å². The molecular weight excluding hydrogens is 463 g/mol. The van der Waals surface area contributed by atoms with Gasteiger partial charge in [-0.15, -0.1) is 24.0 Å². The van der Waals surface area contributed by atoms with E-state index in [1.165, 1.54) is 16.9 Å². The van der Waals surface area contributed by atoms with E-state index < -0.39 is 0 Å². The summed E-state index contributed by atoms with van der Waals surface area (Å²) in [4.78, 5) is 6.84. The number of aromatic nitrogens is 2. The van der Waals surface area contributed by atoms with Crippen molar-refractivity contribution in [1.29, 1.82) is 0 Å². The molecule has 6 nitrogen and oxygen atoms in total. The Labute approximate surface area is 185 Å². The van der Waals surface area contributed by atoms with Crippen LogP contribution in [0.2, 0.25) is 0 Å². The smallest absolute Gasteiger partial charge is 0.191 e. The molecule has 1 aliphatic rings. The van der Waals surface area contributed by atoms with Gasteiger partial charge >= 0.3 is 0 Å². The summed E-state index contributed by atoms with van der Waals surface area (Å²) in [5.74, 6) is 0.864. The first-order valence-electron chi connectivity index (χ1n) is 9.88. The molecule has 1 aromatic carbocycles. The van der Waals surface area contributed by atoms with E-state index in [2.05, 4.69) is 74.5 Å². The third kappa shape index (κ3) is 5.62. The number of guanidine groups is 1. The van der Waals surface area contributed by atoms with Crippen molar-refractivity contribution in [3.05, 3.63) is 47.3 Å². The highest BCUT2D eigenvalue weighted by atomic mass is 127. The SMILES string of the molecule is CN=C(NCCCn1nc(C)cc1C)NCC(C)N1CCc2ccccc21.I. The molecule has 1 atom stereocenters. The highest BCUT2D eigenvalue weighted by Crippen LogP contribution is 2.28. The molecule has 0 spiro atoms. The lowest BCUT2D eigenvalue weighted by Crippen LogP contribution is -2.46. The first-order chi connectivity index (χ1) is 13.1. The maximum atomic E-state index is 4.51. The number of benzene rings is 1. The number of hydrogen-bond donors (Lipinski definition) is 2. The van der Waals surface area contributed by atoms with Gasteiger partial charge in [-0.3, -0.25) is 9.67 Å². The number of nitrogens with zero attached hydrogens (tertiary/aromatic N) is 4. The van der Waals surface area contributed by atoms with Crippen molar-refractivity contribution >= 4 is 35.6 Å². The van der Waals surface area contributed by atoms with Crippen molar-refractivity contribution in [2.45, 2.75) is 46.2 Å². The Hall–Kier alpha value is -1.77. The number of anilines is 1. The van der Waals surface area contributed by atoms with Crippen LogP contribution in [0, 0.1) is 13.8 Å². The van der Waals surface area contributed by atoms with Gasteiger partial charge in [0.25, 0.3) is 0 Å². The number of aliphatic imine (C=N–C) groups is 1. The van der Waals surface area contributed by atoms with Gasteiger partial charge in [-0.2, -0.15) is 5.10 Å². The van der Waals surface area contributed by atoms with Crippen LogP contribution < -0.4 is 15.5 Å². The summed E-state index contributed by atoms with van der Waals surface area (Å²) >= 11 is 0. The first kappa shape index (κ1) is 22.5. The predicted octanol–water partition coefficient (Wildman–Crippen LogP) is 3.12. The molecular formula is C21H33IN6. The van der Waals surface area contributed by atoms with Gasteiger partial charge in [0.1, 0.15) is 0 Å². The van der Waals surface area contributed by atoms with Crippen LogP contribution in [-0.2, 0) is 13.0 Å². The van der Waals surface area contributed by atoms with Gasteiger partial charge in [0.15, 0.2) is 5.96 Å². The number of para-hydroxylation sites is 1. The minimum atomic E-state index is 0. The molecule has 0 saturated carbocycles. The molecule has 7 heteroatoms. The lowest BCUT2D eigenvalue weighted by molar-refractivity contribution is 0.553. The summed E-state index contributed by atoms with van der Waals surface area (Å²) in [6.45, 7) is 10.2. The van der Waals surface area contributed by atoms with Gasteiger partial charge < -0.3 is 15.5 Å². The summed E-state index contributed by atoms with van der Waals surface area (Å²) in [6, 6.07) is 11.3. The summed E-state index contributed by atoms with van der Waals surface area (Å²) in [5.41, 5.74) is 5.13. The molecule has 3 rings (SSSR count). The molecule has 0 fully saturated rings. The third-order valence-corrected chi connectivity index (χ3v) is 5.19. The second kappa shape index (κ2) is 10.7. The highest BCUT2D eigenvalue weighted by molar-refractivity contribution is 14.0. The van der Waals surface area contributed by atoms with Crippen molar-refractivity contribution < 1.29 is 0 Å². The van der Waals surface area contributed by atoms with Gasteiger partial charge in [0.05, 0.1) is 5.69 Å². The topological polar surface area (TPSA) is 57.5 Å². The van der Waals surface area contributed by atoms with Crippen LogP contribution in [0.25, 0.3) is 0 Å². The molecule has 1 aliphatic heterocycles. The molecule has 2 heterocycles. The van der Waals surface area contributed by atoms with Gasteiger partial charge in [-0.05, 0) is 51.3 Å². The average Bonchev–Trinajstić information content (AvgIpc) is 3.23. The van der Waals surface area contributed by atoms with Crippen LogP contribution in [0.15, 0.2) is 35.3 Å². The molecule has 28 heavy (non-hydrogen) atoms. The van der Waals surface area contributed by atoms with Crippen LogP contribution in [-0.4, -0.2) is 48.5 Å². The molecule has 2 N–H and O–H groups in total. The Morgan fingerprint density at radius 3 is 2.75 bits per heavy atom. The molecule has 0 saturated heterocycles. The Bertz CT molecular complexity index is 785. The van der Waals surface area contributed by atoms with Crippen LogP contribution in [0.3, 0.4) is 0 Å². The summed E-state index contributed by atoms with van der Waals surface area (Å²) in [5, 5.41) is 11.4. The minimum absolute atomic E-state index is 0. The maximum Gasteiger partial charge on any atom is 0.191 e. The number of halogens is 1. The van der Waals surface area contributed by atoms with E-state index in [4.69, 9.17) is 0 Å². The molecule has 0 aliphatic carbocycles. The average molecular weight is 496 g/mol. The second-order valence-electron chi connectivity index (χ2n) is 7.30. The number of nitrogens with one attached hydrogen (secondary N) is 2. The third-order valence-electron chi connectivity index (χ3n) is 5.19. The normalized spacial score (nSPS) is 14.4. The van der Waals surface area contributed by atoms with Crippen LogP contribution in [0.1, 0.15) is 30.3 Å². The van der Waals surface area contributed by atoms with Crippen LogP contribution in [0.5, 0.6) is 0 Å². The lowest BCUT2D eigenvalue weighted by Gasteiger charge is -2.28. The summed E-state index contributed by atoms with van der Waals surface area (Å²) < 4.78 is 2.07. The van der Waals surface area contributed by atoms with Crippen molar-refractivity contribution in [2.75, 3.05) is 31.6 Å². The van der Waals surface area contributed by atoms with Gasteiger partial charge in [-0.25, -0.2) is 0 Å². The van der Waals surface area contributed by atoms with E-state index in [0.29, 0.717) is 6.04 Å². The zero-order chi connectivity index (χ0) is 19.2. The number of aryl methyl sites for hydroxylation is 3. The van der Waals surface area contributed by atoms with Crippen molar-refractivity contribution in [1.82, 2.24) is 20.4 Å². The standard InChI is InChI=1S/C21H32N6.HI/c1-16-14-17(2)27(25-16)12-7-11-23-21(22-4)24-15-18(3)26-13-10-19-8-5-6-9-20(19)26;/h5-6,8-9,14,18H,7,10-13,15H2,1-4H3,(H2,22,23,24);1H. The molecule has 2 aromatic rings. The quantitative estimate of drug-likeness (QED) is 0.268. The first-order valence-corrected chi connectivity index (χ1v) is 9.88. The number of rotatable bonds is 7. The molecule has 154 valence electrons. The number of fused-ring (bicyclic) bond motifs is 1. The van der Waals surface area contributed by atoms with E-state index in [9.17, 15) is 0 Å². The molecule has 1 aromatic heterocycles. The molecule has 1 unspecified atom stereocenters. The van der Waals surface area contributed by atoms with Crippen LogP contribution >= 0.6 is 24.0 Å². The van der Waals surface area contributed by atoms with E-state index in [1.54, 1.807) is 0 Å². The van der Waals surface area contributed by atoms with Crippen molar-refractivity contribution in [2.24, 2.45) is 4.99 Å². The maximum absolute atomic E-state index is 4.51. The van der Waals surface area contributed by atoms with E-state index in [1.807, 2.05) is 14.0 Å². The number of hydrogen-bond acceptors (Lipinski definition) is 3. The van der Waals surface area contributed by atoms with Gasteiger partial charge in [0, 0.05) is 50.6 Å². The highest BCUT2D eigenvalue weighted by Gasteiger charge is 2.22. The summed E-state index contributed by atoms with van der Waals surface area (Å²) in [7, 11) is 1.83. The Morgan fingerprint density at radius 1 is 1.25 bits per heavy atom. The second-order valence-corrected chi connectivity index (χ2v) is 7.30. The summed E-state index contributed by atoms with van der Waals surface area (Å²) in [6.07, 6.45) is 2.15. The lowest BCUT2D eigenvalue weighted by atomic mass is 10.2. The molecule has 0 radical (unpaired) electrons. The zero-order valence-corrected chi connectivity index (χ0v) is 19.7. The van der Waals surface area contributed by atoms with Gasteiger partial charge in [0.2, 0.25) is 0 Å². The fourth-order valence-corrected chi connectivity index (χ4v) is 3.73. The zero-order valence-electron chi connectivity index (χ0n) is 17.4. The van der Waals surface area contributed by atoms with E-state index in [-0.39, 0.29) is 24.0 Å². The Balaban J connectivity index is 0.00000280. The van der Waals surface area contributed by atoms with Crippen molar-refractivity contribution in [3.8, 4) is 0 Å². The fourth-order valence-electron chi connectivity index (χ4n) is 3.73. The predicted molar refractivity (Wildman–Crippen MR) is 128 cm³/mol. The largest absolute Gasteiger partial charge is 0.366 e. The van der Waals surface area contributed by atoms with E-state index in [0.717, 1.165) is 50.7 Å². The van der Waals surface area contributed by atoms with Crippen LogP contribution in [0.4, 0.5) is 5.69 Å². The minimum Gasteiger partial charge on any atom is -0.366 e. The monoisotopic (exact) mass is 496 g/mol. The Morgan fingerprint density at radius 2 is 2.04 bits per heavy atom. The molecule has 0 amide bonds. The Kier molecular flexibility index (Phi) is 8.59. The van der Waals surface area contributed by atoms with Gasteiger partial charge in [-0.1, -0.05) is 18.2 Å². The fraction of sp³-hybridized carbons (Fsp3) is 0.524. The van der Waals surface area contributed by atoms with E-state index >= 15 is 0 Å².